The molecule has 140 valence electrons. The van der Waals surface area contributed by atoms with Gasteiger partial charge in [0.25, 0.3) is 0 Å². The Labute approximate surface area is 147 Å². The molecule has 2 heterocycles. The minimum Gasteiger partial charge on any atom is -0.293 e. The molecule has 0 spiro atoms. The number of carbonyl (C=O) groups is 1. The van der Waals surface area contributed by atoms with Crippen molar-refractivity contribution in [1.29, 1.82) is 0 Å². The highest BCUT2D eigenvalue weighted by molar-refractivity contribution is 6.27. The Kier molecular flexibility index (Phi) is 54.0. The van der Waals surface area contributed by atoms with Crippen LogP contribution in [0.25, 0.3) is 0 Å². The van der Waals surface area contributed by atoms with Gasteiger partial charge in [-0.1, -0.05) is 69.4 Å². The van der Waals surface area contributed by atoms with Crippen molar-refractivity contribution < 1.29 is 4.79 Å². The first kappa shape index (κ1) is 33.4. The quantitative estimate of drug-likeness (QED) is 0.476. The molecular formula is C20H44N2O. The summed E-state index contributed by atoms with van der Waals surface area (Å²) in [6, 6.07) is 0. The number of rotatable bonds is 0. The molecule has 0 unspecified atom stereocenters. The summed E-state index contributed by atoms with van der Waals surface area (Å²) in [7, 11) is 0. The molecule has 0 bridgehead atoms. The Hall–Kier alpha value is -1.25. The van der Waals surface area contributed by atoms with Gasteiger partial charge in [0.2, 0.25) is 0 Å². The van der Waals surface area contributed by atoms with Crippen molar-refractivity contribution in [3.63, 3.8) is 0 Å². The molecule has 0 aliphatic carbocycles. The van der Waals surface area contributed by atoms with E-state index in [2.05, 4.69) is 16.6 Å². The maximum absolute atomic E-state index is 10.3. The van der Waals surface area contributed by atoms with Crippen LogP contribution in [0.2, 0.25) is 0 Å². The van der Waals surface area contributed by atoms with Gasteiger partial charge in [-0.2, -0.15) is 0 Å². The molecule has 3 heteroatoms. The summed E-state index contributed by atoms with van der Waals surface area (Å²) < 4.78 is 0. The van der Waals surface area contributed by atoms with Gasteiger partial charge in [-0.3, -0.25) is 14.8 Å². The largest absolute Gasteiger partial charge is 0.293 e. The summed E-state index contributed by atoms with van der Waals surface area (Å²) in [6.07, 6.45) is 8.46. The van der Waals surface area contributed by atoms with Crippen molar-refractivity contribution in [1.82, 2.24) is 0 Å². The van der Waals surface area contributed by atoms with E-state index >= 15 is 0 Å². The molecule has 2 aliphatic heterocycles. The zero-order chi connectivity index (χ0) is 18.2. The van der Waals surface area contributed by atoms with Crippen LogP contribution >= 0.6 is 0 Å². The number of ketones is 1. The second-order valence-corrected chi connectivity index (χ2v) is 3.38. The minimum absolute atomic E-state index is 0. The van der Waals surface area contributed by atoms with Crippen molar-refractivity contribution >= 4 is 18.2 Å². The molecular weight excluding hydrogens is 284 g/mol. The van der Waals surface area contributed by atoms with Crippen molar-refractivity contribution in [3.05, 3.63) is 12.3 Å². The zero-order valence-corrected chi connectivity index (χ0v) is 16.4. The van der Waals surface area contributed by atoms with Crippen molar-refractivity contribution in [2.24, 2.45) is 9.98 Å². The molecule has 0 aromatic rings. The smallest absolute Gasteiger partial charge is 0.173 e. The SMILES string of the molecule is C.C=C1CCCC=N1.CC.CC.CC.CC.O=C1C=NCCC1. The van der Waals surface area contributed by atoms with E-state index < -0.39 is 0 Å². The second-order valence-electron chi connectivity index (χ2n) is 3.38. The van der Waals surface area contributed by atoms with Crippen LogP contribution in [0, 0.1) is 0 Å². The molecule has 0 aromatic heterocycles. The van der Waals surface area contributed by atoms with Crippen molar-refractivity contribution in [2.45, 2.75) is 94.9 Å². The van der Waals surface area contributed by atoms with E-state index in [9.17, 15) is 4.79 Å². The lowest BCUT2D eigenvalue weighted by Gasteiger charge is -2.01. The summed E-state index contributed by atoms with van der Waals surface area (Å²) >= 11 is 0. The number of nitrogens with zero attached hydrogens (tertiary/aromatic N) is 2. The highest BCUT2D eigenvalue weighted by Gasteiger charge is 1.99. The predicted octanol–water partition coefficient (Wildman–Crippen LogP) is 6.92. The third-order valence-electron chi connectivity index (χ3n) is 2.02. The fourth-order valence-electron chi connectivity index (χ4n) is 1.23. The predicted molar refractivity (Wildman–Crippen MR) is 111 cm³/mol. The molecule has 0 saturated carbocycles. The van der Waals surface area contributed by atoms with Crippen molar-refractivity contribution in [3.8, 4) is 0 Å². The van der Waals surface area contributed by atoms with E-state index in [4.69, 9.17) is 0 Å². The zero-order valence-electron chi connectivity index (χ0n) is 16.4. The molecule has 0 N–H and O–H groups in total. The van der Waals surface area contributed by atoms with Gasteiger partial charge in [-0.05, 0) is 25.7 Å². The summed E-state index contributed by atoms with van der Waals surface area (Å²) in [5.74, 6) is 0.172. The van der Waals surface area contributed by atoms with Crippen LogP contribution in [0.15, 0.2) is 22.3 Å². The summed E-state index contributed by atoms with van der Waals surface area (Å²) in [4.78, 5) is 18.1. The molecule has 0 fully saturated rings. The molecule has 0 radical (unpaired) electrons. The first-order valence-corrected chi connectivity index (χ1v) is 9.02. The Morgan fingerprint density at radius 2 is 1.43 bits per heavy atom. The van der Waals surface area contributed by atoms with E-state index in [1.165, 1.54) is 12.6 Å². The third-order valence-corrected chi connectivity index (χ3v) is 2.02. The van der Waals surface area contributed by atoms with Gasteiger partial charge in [-0.25, -0.2) is 0 Å². The van der Waals surface area contributed by atoms with Crippen LogP contribution in [-0.2, 0) is 4.79 Å². The van der Waals surface area contributed by atoms with E-state index in [1.807, 2.05) is 61.6 Å². The van der Waals surface area contributed by atoms with E-state index in [1.54, 1.807) is 0 Å². The molecule has 0 aromatic carbocycles. The van der Waals surface area contributed by atoms with Crippen LogP contribution < -0.4 is 0 Å². The number of hydrogen-bond acceptors (Lipinski definition) is 3. The number of aliphatic imine (C=N–C) groups is 2. The lowest BCUT2D eigenvalue weighted by atomic mass is 10.2. The van der Waals surface area contributed by atoms with Gasteiger partial charge in [0.1, 0.15) is 0 Å². The molecule has 0 atom stereocenters. The van der Waals surface area contributed by atoms with Crippen molar-refractivity contribution in [2.75, 3.05) is 6.54 Å². The van der Waals surface area contributed by atoms with E-state index in [0.717, 1.165) is 31.5 Å². The standard InChI is InChI=1S/C6H9N.C5H7NO.4C2H6.CH4/c1-6-4-2-3-5-7-6;7-5-2-1-3-6-4-5;4*1-2;/h5H,1-4H2;4H,1-3H2;4*1-2H3;1H4. The molecule has 2 aliphatic rings. The normalized spacial score (nSPS) is 13.4. The fourth-order valence-corrected chi connectivity index (χ4v) is 1.23. The Morgan fingerprint density at radius 3 is 1.61 bits per heavy atom. The van der Waals surface area contributed by atoms with E-state index in [0.29, 0.717) is 6.42 Å². The molecule has 23 heavy (non-hydrogen) atoms. The van der Waals surface area contributed by atoms with Gasteiger partial charge in [0.05, 0.1) is 6.21 Å². The average molecular weight is 329 g/mol. The molecule has 0 saturated heterocycles. The third kappa shape index (κ3) is 33.5. The van der Waals surface area contributed by atoms with Crippen LogP contribution in [0.5, 0.6) is 0 Å². The van der Waals surface area contributed by atoms with Crippen LogP contribution in [-0.4, -0.2) is 24.8 Å². The maximum Gasteiger partial charge on any atom is 0.173 e. The first-order chi connectivity index (χ1) is 10.8. The minimum atomic E-state index is 0. The van der Waals surface area contributed by atoms with Gasteiger partial charge in [-0.15, -0.1) is 0 Å². The maximum atomic E-state index is 10.3. The van der Waals surface area contributed by atoms with Crippen LogP contribution in [0.1, 0.15) is 94.9 Å². The average Bonchev–Trinajstić information content (AvgIpc) is 2.64. The monoisotopic (exact) mass is 328 g/mol. The Balaban J connectivity index is -0.0000000639. The lowest BCUT2D eigenvalue weighted by molar-refractivity contribution is -0.112. The Bertz CT molecular complexity index is 241. The van der Waals surface area contributed by atoms with Gasteiger partial charge in [0.15, 0.2) is 5.78 Å². The summed E-state index contributed by atoms with van der Waals surface area (Å²) in [5.41, 5.74) is 1.03. The number of allylic oxidation sites excluding steroid dienone is 1. The van der Waals surface area contributed by atoms with E-state index in [-0.39, 0.29) is 13.2 Å². The molecule has 3 nitrogen and oxygen atoms in total. The first-order valence-electron chi connectivity index (χ1n) is 9.02. The lowest BCUT2D eigenvalue weighted by Crippen LogP contribution is -2.05. The Morgan fingerprint density at radius 1 is 0.913 bits per heavy atom. The van der Waals surface area contributed by atoms with Gasteiger partial charge in [0, 0.05) is 24.9 Å². The highest BCUT2D eigenvalue weighted by atomic mass is 16.1. The molecule has 2 rings (SSSR count). The number of Topliss-reactive ketones (excluding diaryl/α,β-unsaturated/α-hetero) is 1. The topological polar surface area (TPSA) is 41.8 Å². The van der Waals surface area contributed by atoms with Gasteiger partial charge >= 0.3 is 0 Å². The molecule has 0 amide bonds. The van der Waals surface area contributed by atoms with Crippen LogP contribution in [0.4, 0.5) is 0 Å². The summed E-state index contributed by atoms with van der Waals surface area (Å²) in [6.45, 7) is 20.6. The number of hydrogen-bond donors (Lipinski definition) is 0. The second kappa shape index (κ2) is 37.2. The van der Waals surface area contributed by atoms with Gasteiger partial charge < -0.3 is 0 Å². The number of carbonyl (C=O) groups excluding carboxylic acids is 1. The van der Waals surface area contributed by atoms with Crippen LogP contribution in [0.3, 0.4) is 0 Å². The fraction of sp³-hybridized carbons (Fsp3) is 0.750. The highest BCUT2D eigenvalue weighted by Crippen LogP contribution is 2.09. The summed E-state index contributed by atoms with van der Waals surface area (Å²) in [5, 5.41) is 0.